The van der Waals surface area contributed by atoms with Crippen molar-refractivity contribution in [3.8, 4) is 6.07 Å². The van der Waals surface area contributed by atoms with Gasteiger partial charge in [-0.3, -0.25) is 0 Å². The Morgan fingerprint density at radius 3 is 2.92 bits per heavy atom. The van der Waals surface area contributed by atoms with Crippen LogP contribution in [-0.2, 0) is 0 Å². The maximum atomic E-state index is 8.23. The Labute approximate surface area is 75.1 Å². The molecule has 0 fully saturated rings. The summed E-state index contributed by atoms with van der Waals surface area (Å²) in [7, 11) is 0. The number of hydrogen-bond acceptors (Lipinski definition) is 3. The Kier molecular flexibility index (Phi) is 2.67. The largest absolute Gasteiger partial charge is 0.396 e. The zero-order valence-corrected chi connectivity index (χ0v) is 6.92. The van der Waals surface area contributed by atoms with Crippen molar-refractivity contribution in [3.63, 3.8) is 0 Å². The van der Waals surface area contributed by atoms with Crippen molar-refractivity contribution in [2.45, 2.75) is 0 Å². The van der Waals surface area contributed by atoms with Crippen LogP contribution in [-0.4, -0.2) is 4.98 Å². The smallest absolute Gasteiger partial charge is 0.152 e. The Hall–Kier alpha value is -1.53. The molecule has 0 bridgehead atoms. The van der Waals surface area contributed by atoms with Crippen LogP contribution in [0.1, 0.15) is 5.69 Å². The number of pyridine rings is 1. The fourth-order valence-corrected chi connectivity index (χ4v) is 0.835. The zero-order chi connectivity index (χ0) is 8.97. The fraction of sp³-hybridized carbons (Fsp3) is 0. The van der Waals surface area contributed by atoms with E-state index in [1.54, 1.807) is 18.2 Å². The highest BCUT2D eigenvalue weighted by Gasteiger charge is 1.96. The standard InChI is InChI=1S/C8H6ClN3/c9-8-7(11)4-3-6(12-8)2-1-5-10/h1-4H,11H2. The first kappa shape index (κ1) is 8.57. The molecule has 0 radical (unpaired) electrons. The minimum atomic E-state index is 0.259. The third kappa shape index (κ3) is 1.97. The van der Waals surface area contributed by atoms with Crippen LogP contribution in [0.4, 0.5) is 5.69 Å². The van der Waals surface area contributed by atoms with Crippen LogP contribution in [0.3, 0.4) is 0 Å². The summed E-state index contributed by atoms with van der Waals surface area (Å²) >= 11 is 5.64. The maximum Gasteiger partial charge on any atom is 0.152 e. The molecule has 60 valence electrons. The summed E-state index contributed by atoms with van der Waals surface area (Å²) in [4.78, 5) is 3.91. The summed E-state index contributed by atoms with van der Waals surface area (Å²) in [5, 5.41) is 8.49. The van der Waals surface area contributed by atoms with Crippen molar-refractivity contribution in [2.24, 2.45) is 0 Å². The molecule has 4 heteroatoms. The molecule has 0 unspecified atom stereocenters. The van der Waals surface area contributed by atoms with E-state index in [1.165, 1.54) is 6.08 Å². The number of aromatic nitrogens is 1. The second-order valence-corrected chi connectivity index (χ2v) is 2.44. The second-order valence-electron chi connectivity index (χ2n) is 2.08. The molecule has 2 N–H and O–H groups in total. The van der Waals surface area contributed by atoms with Crippen molar-refractivity contribution >= 4 is 23.4 Å². The van der Waals surface area contributed by atoms with Gasteiger partial charge >= 0.3 is 0 Å². The van der Waals surface area contributed by atoms with Crippen molar-refractivity contribution in [1.82, 2.24) is 4.98 Å². The van der Waals surface area contributed by atoms with E-state index in [0.717, 1.165) is 0 Å². The molecule has 3 nitrogen and oxygen atoms in total. The lowest BCUT2D eigenvalue weighted by atomic mass is 10.3. The molecule has 1 rings (SSSR count). The third-order valence-corrected chi connectivity index (χ3v) is 1.53. The topological polar surface area (TPSA) is 62.7 Å². The van der Waals surface area contributed by atoms with Gasteiger partial charge in [0.25, 0.3) is 0 Å². The highest BCUT2D eigenvalue weighted by molar-refractivity contribution is 6.31. The Morgan fingerprint density at radius 2 is 2.33 bits per heavy atom. The van der Waals surface area contributed by atoms with Gasteiger partial charge in [-0.15, -0.1) is 0 Å². The quantitative estimate of drug-likeness (QED) is 0.529. The lowest BCUT2D eigenvalue weighted by Crippen LogP contribution is -1.89. The minimum Gasteiger partial charge on any atom is -0.396 e. The molecule has 1 aromatic heterocycles. The molecule has 0 aliphatic heterocycles. The maximum absolute atomic E-state index is 8.23. The Bertz CT molecular complexity index is 352. The molecule has 0 saturated carbocycles. The Balaban J connectivity index is 2.99. The van der Waals surface area contributed by atoms with Gasteiger partial charge < -0.3 is 5.73 Å². The molecule has 1 aromatic rings. The molecule has 0 aliphatic carbocycles. The average Bonchev–Trinajstić information content (AvgIpc) is 2.07. The third-order valence-electron chi connectivity index (χ3n) is 1.23. The highest BCUT2D eigenvalue weighted by Crippen LogP contribution is 2.15. The number of nitrogens with two attached hydrogens (primary N) is 1. The van der Waals surface area contributed by atoms with E-state index in [0.29, 0.717) is 11.4 Å². The number of hydrogen-bond donors (Lipinski definition) is 1. The number of nitrogens with zero attached hydrogens (tertiary/aromatic N) is 2. The van der Waals surface area contributed by atoms with Crippen LogP contribution < -0.4 is 5.73 Å². The van der Waals surface area contributed by atoms with Crippen molar-refractivity contribution in [3.05, 3.63) is 29.1 Å². The Morgan fingerprint density at radius 1 is 1.58 bits per heavy atom. The summed E-state index contributed by atoms with van der Waals surface area (Å²) in [5.74, 6) is 0. The normalized spacial score (nSPS) is 10.0. The van der Waals surface area contributed by atoms with Gasteiger partial charge in [0, 0.05) is 6.08 Å². The second kappa shape index (κ2) is 3.74. The summed E-state index contributed by atoms with van der Waals surface area (Å²) in [6, 6.07) is 5.19. The van der Waals surface area contributed by atoms with Gasteiger partial charge in [0.05, 0.1) is 17.5 Å². The van der Waals surface area contributed by atoms with E-state index in [1.807, 2.05) is 6.07 Å². The van der Waals surface area contributed by atoms with Crippen molar-refractivity contribution in [1.29, 1.82) is 5.26 Å². The van der Waals surface area contributed by atoms with Crippen LogP contribution in [0.25, 0.3) is 6.08 Å². The van der Waals surface area contributed by atoms with Crippen molar-refractivity contribution < 1.29 is 0 Å². The van der Waals surface area contributed by atoms with Gasteiger partial charge in [-0.2, -0.15) is 5.26 Å². The van der Waals surface area contributed by atoms with Crippen LogP contribution >= 0.6 is 11.6 Å². The molecule has 12 heavy (non-hydrogen) atoms. The first-order valence-corrected chi connectivity index (χ1v) is 3.60. The van der Waals surface area contributed by atoms with Gasteiger partial charge in [-0.1, -0.05) is 11.6 Å². The van der Waals surface area contributed by atoms with Crippen LogP contribution in [0.5, 0.6) is 0 Å². The minimum absolute atomic E-state index is 0.259. The number of allylic oxidation sites excluding steroid dienone is 1. The van der Waals surface area contributed by atoms with Crippen LogP contribution in [0.15, 0.2) is 18.2 Å². The van der Waals surface area contributed by atoms with E-state index in [2.05, 4.69) is 4.98 Å². The fourth-order valence-electron chi connectivity index (χ4n) is 0.675. The van der Waals surface area contributed by atoms with E-state index in [-0.39, 0.29) is 5.15 Å². The summed E-state index contributed by atoms with van der Waals surface area (Å²) in [6.07, 6.45) is 2.89. The lowest BCUT2D eigenvalue weighted by Gasteiger charge is -1.96. The molecule has 0 saturated heterocycles. The van der Waals surface area contributed by atoms with Gasteiger partial charge in [0.1, 0.15) is 0 Å². The molecule has 1 heterocycles. The van der Waals surface area contributed by atoms with Crippen LogP contribution in [0.2, 0.25) is 5.15 Å². The van der Waals surface area contributed by atoms with E-state index < -0.39 is 0 Å². The molecule has 0 aromatic carbocycles. The molecular weight excluding hydrogens is 174 g/mol. The predicted molar refractivity (Wildman–Crippen MR) is 48.3 cm³/mol. The molecule has 0 amide bonds. The first-order chi connectivity index (χ1) is 5.74. The zero-order valence-electron chi connectivity index (χ0n) is 6.16. The molecule has 0 aliphatic rings. The number of halogens is 1. The highest BCUT2D eigenvalue weighted by atomic mass is 35.5. The van der Waals surface area contributed by atoms with Gasteiger partial charge in [-0.25, -0.2) is 4.98 Å². The molecule has 0 atom stereocenters. The van der Waals surface area contributed by atoms with Crippen molar-refractivity contribution in [2.75, 3.05) is 5.73 Å². The van der Waals surface area contributed by atoms with Crippen LogP contribution in [0, 0.1) is 11.3 Å². The summed E-state index contributed by atoms with van der Waals surface area (Å²) in [5.41, 5.74) is 6.49. The molecule has 0 spiro atoms. The average molecular weight is 180 g/mol. The summed E-state index contributed by atoms with van der Waals surface area (Å²) < 4.78 is 0. The van der Waals surface area contributed by atoms with E-state index in [4.69, 9.17) is 22.6 Å². The van der Waals surface area contributed by atoms with E-state index in [9.17, 15) is 0 Å². The number of rotatable bonds is 1. The monoisotopic (exact) mass is 179 g/mol. The number of nitriles is 1. The lowest BCUT2D eigenvalue weighted by molar-refractivity contribution is 1.30. The van der Waals surface area contributed by atoms with Gasteiger partial charge in [-0.05, 0) is 18.2 Å². The first-order valence-electron chi connectivity index (χ1n) is 3.22. The number of anilines is 1. The van der Waals surface area contributed by atoms with Gasteiger partial charge in [0.2, 0.25) is 0 Å². The molecular formula is C8H6ClN3. The van der Waals surface area contributed by atoms with E-state index >= 15 is 0 Å². The predicted octanol–water partition coefficient (Wildman–Crippen LogP) is 1.85. The number of nitrogen functional groups attached to an aromatic ring is 1. The summed E-state index contributed by atoms with van der Waals surface area (Å²) in [6.45, 7) is 0. The van der Waals surface area contributed by atoms with Gasteiger partial charge in [0.15, 0.2) is 5.15 Å². The SMILES string of the molecule is N#CC=Cc1ccc(N)c(Cl)n1.